The number of carbonyl (C=O) groups excluding carboxylic acids is 1. The fourth-order valence-corrected chi connectivity index (χ4v) is 1.92. The molecule has 5 heteroatoms. The zero-order valence-corrected chi connectivity index (χ0v) is 9.96. The van der Waals surface area contributed by atoms with Gasteiger partial charge in [0.1, 0.15) is 0 Å². The largest absolute Gasteiger partial charge is 0.478 e. The lowest BCUT2D eigenvalue weighted by atomic mass is 10.1. The predicted octanol–water partition coefficient (Wildman–Crippen LogP) is 1.77. The smallest absolute Gasteiger partial charge is 0.409 e. The van der Waals surface area contributed by atoms with Crippen molar-refractivity contribution in [2.75, 3.05) is 19.7 Å². The van der Waals surface area contributed by atoms with Crippen molar-refractivity contribution in [1.82, 2.24) is 4.90 Å². The van der Waals surface area contributed by atoms with Gasteiger partial charge in [0.25, 0.3) is 0 Å². The molecule has 1 aliphatic heterocycles. The number of carboxylic acids is 1. The van der Waals surface area contributed by atoms with Crippen molar-refractivity contribution >= 4 is 12.1 Å². The van der Waals surface area contributed by atoms with Gasteiger partial charge in [-0.3, -0.25) is 0 Å². The third-order valence-corrected chi connectivity index (χ3v) is 2.90. The summed E-state index contributed by atoms with van der Waals surface area (Å²) in [6, 6.07) is 6.77. The summed E-state index contributed by atoms with van der Waals surface area (Å²) in [5.74, 6) is -0.936. The molecule has 1 aromatic rings. The van der Waals surface area contributed by atoms with Crippen LogP contribution in [0.2, 0.25) is 0 Å². The molecule has 1 aromatic carbocycles. The summed E-state index contributed by atoms with van der Waals surface area (Å²) in [7, 11) is 0. The Morgan fingerprint density at radius 1 is 1.44 bits per heavy atom. The molecule has 5 nitrogen and oxygen atoms in total. The number of ether oxygens (including phenoxy) is 1. The SMILES string of the molecule is O=C(O)c1cccc(CCN2CCCOC2=O)c1. The summed E-state index contributed by atoms with van der Waals surface area (Å²) < 4.78 is 4.93. The van der Waals surface area contributed by atoms with Gasteiger partial charge in [-0.25, -0.2) is 9.59 Å². The number of benzene rings is 1. The summed E-state index contributed by atoms with van der Waals surface area (Å²) in [5, 5.41) is 8.88. The number of carbonyl (C=O) groups is 2. The first-order valence-corrected chi connectivity index (χ1v) is 5.91. The van der Waals surface area contributed by atoms with Gasteiger partial charge in [-0.05, 0) is 30.5 Å². The van der Waals surface area contributed by atoms with Crippen molar-refractivity contribution in [2.45, 2.75) is 12.8 Å². The minimum absolute atomic E-state index is 0.272. The van der Waals surface area contributed by atoms with Crippen molar-refractivity contribution in [3.63, 3.8) is 0 Å². The van der Waals surface area contributed by atoms with Gasteiger partial charge >= 0.3 is 12.1 Å². The van der Waals surface area contributed by atoms with Gasteiger partial charge in [0.05, 0.1) is 12.2 Å². The number of aromatic carboxylic acids is 1. The molecule has 0 unspecified atom stereocenters. The molecule has 1 N–H and O–H groups in total. The second-order valence-electron chi connectivity index (χ2n) is 4.21. The van der Waals surface area contributed by atoms with Crippen molar-refractivity contribution < 1.29 is 19.4 Å². The second kappa shape index (κ2) is 5.53. The Morgan fingerprint density at radius 2 is 2.28 bits per heavy atom. The topological polar surface area (TPSA) is 66.8 Å². The summed E-state index contributed by atoms with van der Waals surface area (Å²) in [6.07, 6.45) is 1.20. The Hall–Kier alpha value is -2.04. The molecule has 1 aliphatic rings. The zero-order valence-electron chi connectivity index (χ0n) is 9.96. The fourth-order valence-electron chi connectivity index (χ4n) is 1.92. The lowest BCUT2D eigenvalue weighted by molar-refractivity contribution is 0.0693. The number of carboxylic acid groups (broad SMARTS) is 1. The maximum Gasteiger partial charge on any atom is 0.409 e. The van der Waals surface area contributed by atoms with Gasteiger partial charge in [-0.1, -0.05) is 12.1 Å². The number of nitrogens with zero attached hydrogens (tertiary/aromatic N) is 1. The summed E-state index contributed by atoms with van der Waals surface area (Å²) in [5.41, 5.74) is 1.18. The van der Waals surface area contributed by atoms with Gasteiger partial charge < -0.3 is 14.7 Å². The van der Waals surface area contributed by atoms with E-state index in [2.05, 4.69) is 0 Å². The van der Waals surface area contributed by atoms with Crippen LogP contribution in [0.15, 0.2) is 24.3 Å². The standard InChI is InChI=1S/C13H15NO4/c15-12(16)11-4-1-3-10(9-11)5-7-14-6-2-8-18-13(14)17/h1,3-4,9H,2,5-8H2,(H,15,16). The van der Waals surface area contributed by atoms with Crippen LogP contribution < -0.4 is 0 Å². The predicted molar refractivity (Wildman–Crippen MR) is 64.6 cm³/mol. The monoisotopic (exact) mass is 249 g/mol. The molecule has 0 atom stereocenters. The molecule has 2 rings (SSSR count). The highest BCUT2D eigenvalue weighted by molar-refractivity contribution is 5.87. The van der Waals surface area contributed by atoms with Crippen LogP contribution in [0.3, 0.4) is 0 Å². The molecular weight excluding hydrogens is 234 g/mol. The minimum Gasteiger partial charge on any atom is -0.478 e. The molecular formula is C13H15NO4. The van der Waals surface area contributed by atoms with E-state index in [4.69, 9.17) is 9.84 Å². The van der Waals surface area contributed by atoms with E-state index in [-0.39, 0.29) is 11.7 Å². The molecule has 0 bridgehead atoms. The van der Waals surface area contributed by atoms with E-state index in [0.29, 0.717) is 26.1 Å². The first kappa shape index (κ1) is 12.4. The molecule has 96 valence electrons. The molecule has 0 spiro atoms. The Labute approximate surface area is 105 Å². The van der Waals surface area contributed by atoms with Crippen molar-refractivity contribution in [3.8, 4) is 0 Å². The molecule has 0 radical (unpaired) electrons. The Morgan fingerprint density at radius 3 is 3.00 bits per heavy atom. The number of hydrogen-bond donors (Lipinski definition) is 1. The molecule has 0 aromatic heterocycles. The van der Waals surface area contributed by atoms with E-state index in [9.17, 15) is 9.59 Å². The zero-order chi connectivity index (χ0) is 13.0. The quantitative estimate of drug-likeness (QED) is 0.883. The van der Waals surface area contributed by atoms with E-state index in [0.717, 1.165) is 12.0 Å². The van der Waals surface area contributed by atoms with Crippen molar-refractivity contribution in [1.29, 1.82) is 0 Å². The lowest BCUT2D eigenvalue weighted by Gasteiger charge is -2.26. The first-order chi connectivity index (χ1) is 8.66. The van der Waals surface area contributed by atoms with Crippen LogP contribution in [0, 0.1) is 0 Å². The van der Waals surface area contributed by atoms with Gasteiger partial charge in [-0.2, -0.15) is 0 Å². The molecule has 1 fully saturated rings. The number of rotatable bonds is 4. The van der Waals surface area contributed by atoms with E-state index >= 15 is 0 Å². The average Bonchev–Trinajstić information content (AvgIpc) is 2.38. The maximum absolute atomic E-state index is 11.4. The van der Waals surface area contributed by atoms with Crippen molar-refractivity contribution in [3.05, 3.63) is 35.4 Å². The average molecular weight is 249 g/mol. The second-order valence-corrected chi connectivity index (χ2v) is 4.21. The van der Waals surface area contributed by atoms with Crippen LogP contribution in [-0.2, 0) is 11.2 Å². The molecule has 1 heterocycles. The third-order valence-electron chi connectivity index (χ3n) is 2.90. The van der Waals surface area contributed by atoms with E-state index in [1.165, 1.54) is 0 Å². The molecule has 0 saturated carbocycles. The number of cyclic esters (lactones) is 1. The summed E-state index contributed by atoms with van der Waals surface area (Å²) >= 11 is 0. The van der Waals surface area contributed by atoms with Gasteiger partial charge in [0.15, 0.2) is 0 Å². The Balaban J connectivity index is 1.95. The van der Waals surface area contributed by atoms with Gasteiger partial charge in [0.2, 0.25) is 0 Å². The number of amides is 1. The fraction of sp³-hybridized carbons (Fsp3) is 0.385. The van der Waals surface area contributed by atoms with E-state index in [1.54, 1.807) is 23.1 Å². The minimum atomic E-state index is -0.936. The van der Waals surface area contributed by atoms with E-state index in [1.807, 2.05) is 6.07 Å². The summed E-state index contributed by atoms with van der Waals surface area (Å²) in [6.45, 7) is 1.75. The highest BCUT2D eigenvalue weighted by atomic mass is 16.6. The maximum atomic E-state index is 11.4. The molecule has 1 amide bonds. The first-order valence-electron chi connectivity index (χ1n) is 5.91. The lowest BCUT2D eigenvalue weighted by Crippen LogP contribution is -2.38. The van der Waals surface area contributed by atoms with Crippen LogP contribution in [0.5, 0.6) is 0 Å². The van der Waals surface area contributed by atoms with Gasteiger partial charge in [-0.15, -0.1) is 0 Å². The highest BCUT2D eigenvalue weighted by Crippen LogP contribution is 2.09. The van der Waals surface area contributed by atoms with Crippen molar-refractivity contribution in [2.24, 2.45) is 0 Å². The normalized spacial score (nSPS) is 15.3. The van der Waals surface area contributed by atoms with Crippen LogP contribution in [0.1, 0.15) is 22.3 Å². The van der Waals surface area contributed by atoms with Crippen LogP contribution >= 0.6 is 0 Å². The summed E-state index contributed by atoms with van der Waals surface area (Å²) in [4.78, 5) is 23.9. The van der Waals surface area contributed by atoms with Gasteiger partial charge in [0, 0.05) is 13.1 Å². The Kier molecular flexibility index (Phi) is 3.82. The van der Waals surface area contributed by atoms with Crippen LogP contribution in [0.25, 0.3) is 0 Å². The van der Waals surface area contributed by atoms with E-state index < -0.39 is 5.97 Å². The molecule has 18 heavy (non-hydrogen) atoms. The van der Waals surface area contributed by atoms with Crippen LogP contribution in [0.4, 0.5) is 4.79 Å². The van der Waals surface area contributed by atoms with Crippen LogP contribution in [-0.4, -0.2) is 41.8 Å². The molecule has 0 aliphatic carbocycles. The third kappa shape index (κ3) is 3.00. The highest BCUT2D eigenvalue weighted by Gasteiger charge is 2.18. The number of hydrogen-bond acceptors (Lipinski definition) is 3. The Bertz CT molecular complexity index is 458. The molecule has 1 saturated heterocycles.